The summed E-state index contributed by atoms with van der Waals surface area (Å²) in [5.74, 6) is 3.03. The molecule has 0 aromatic rings. The zero-order chi connectivity index (χ0) is 17.6. The number of amides is 2. The van der Waals surface area contributed by atoms with Crippen molar-refractivity contribution in [1.82, 2.24) is 16.0 Å². The van der Waals surface area contributed by atoms with Crippen molar-refractivity contribution in [3.63, 3.8) is 0 Å². The molecule has 1 unspecified atom stereocenters. The monoisotopic (exact) mass is 347 g/mol. The quantitative estimate of drug-likeness (QED) is 0.685. The highest BCUT2D eigenvalue weighted by molar-refractivity contribution is 5.90. The third kappa shape index (κ3) is 3.32. The van der Waals surface area contributed by atoms with Gasteiger partial charge in [-0.15, -0.1) is 0 Å². The smallest absolute Gasteiger partial charge is 0.242 e. The van der Waals surface area contributed by atoms with E-state index in [1.807, 2.05) is 13.8 Å². The van der Waals surface area contributed by atoms with Crippen molar-refractivity contribution in [1.29, 1.82) is 0 Å². The third-order valence-electron chi connectivity index (χ3n) is 7.19. The molecule has 1 atom stereocenters. The number of hydrogen-bond donors (Lipinski definition) is 3. The summed E-state index contributed by atoms with van der Waals surface area (Å²) in [6, 6.07) is -0.409. The van der Waals surface area contributed by atoms with E-state index in [1.54, 1.807) is 0 Å². The first kappa shape index (κ1) is 17.3. The lowest BCUT2D eigenvalue weighted by atomic mass is 9.49. The van der Waals surface area contributed by atoms with Crippen LogP contribution in [0.3, 0.4) is 0 Å². The van der Waals surface area contributed by atoms with Gasteiger partial charge in [0.25, 0.3) is 0 Å². The second-order valence-electron chi connectivity index (χ2n) is 9.66. The van der Waals surface area contributed by atoms with E-state index < -0.39 is 6.04 Å². The number of hydrogen-bond acceptors (Lipinski definition) is 3. The van der Waals surface area contributed by atoms with Gasteiger partial charge in [-0.2, -0.15) is 0 Å². The second kappa shape index (κ2) is 6.57. The van der Waals surface area contributed by atoms with Crippen LogP contribution >= 0.6 is 0 Å². The predicted molar refractivity (Wildman–Crippen MR) is 96.7 cm³/mol. The van der Waals surface area contributed by atoms with Gasteiger partial charge in [0.1, 0.15) is 6.04 Å². The summed E-state index contributed by atoms with van der Waals surface area (Å²) in [6.45, 7) is 6.71. The Labute approximate surface area is 151 Å². The number of carbonyl (C=O) groups is 2. The number of nitrogens with one attached hydrogen (secondary N) is 3. The second-order valence-corrected chi connectivity index (χ2v) is 9.66. The van der Waals surface area contributed by atoms with E-state index >= 15 is 0 Å². The van der Waals surface area contributed by atoms with Gasteiger partial charge in [0.15, 0.2) is 0 Å². The molecule has 140 valence electrons. The van der Waals surface area contributed by atoms with E-state index in [4.69, 9.17) is 0 Å². The Morgan fingerprint density at radius 3 is 2.04 bits per heavy atom. The molecule has 1 heterocycles. The highest BCUT2D eigenvalue weighted by atomic mass is 16.2. The zero-order valence-electron chi connectivity index (χ0n) is 15.6. The van der Waals surface area contributed by atoms with Crippen LogP contribution in [0.25, 0.3) is 0 Å². The van der Waals surface area contributed by atoms with Crippen molar-refractivity contribution in [2.45, 2.75) is 58.4 Å². The van der Waals surface area contributed by atoms with Crippen LogP contribution in [-0.4, -0.2) is 37.5 Å². The van der Waals surface area contributed by atoms with E-state index in [2.05, 4.69) is 16.0 Å². The Balaban J connectivity index is 1.39. The van der Waals surface area contributed by atoms with E-state index in [9.17, 15) is 9.59 Å². The highest BCUT2D eigenvalue weighted by Crippen LogP contribution is 2.60. The highest BCUT2D eigenvalue weighted by Gasteiger charge is 2.55. The van der Waals surface area contributed by atoms with Crippen LogP contribution < -0.4 is 16.0 Å². The van der Waals surface area contributed by atoms with Gasteiger partial charge in [-0.05, 0) is 62.2 Å². The normalized spacial score (nSPS) is 37.6. The van der Waals surface area contributed by atoms with Crippen LogP contribution in [-0.2, 0) is 9.59 Å². The first-order valence-electron chi connectivity index (χ1n) is 10.2. The molecule has 0 radical (unpaired) electrons. The molecular weight excluding hydrogens is 314 g/mol. The Bertz CT molecular complexity index is 506. The lowest BCUT2D eigenvalue weighted by Gasteiger charge is -2.55. The molecule has 0 aromatic carbocycles. The fraction of sp³-hybridized carbons (Fsp3) is 0.900. The molecule has 5 rings (SSSR count). The molecular formula is C20H33N3O2. The molecule has 2 amide bonds. The Kier molecular flexibility index (Phi) is 4.55. The summed E-state index contributed by atoms with van der Waals surface area (Å²) in [6.07, 6.45) is 7.13. The molecule has 1 aliphatic heterocycles. The minimum Gasteiger partial charge on any atom is -0.354 e. The number of carbonyl (C=O) groups excluding carboxylic acids is 2. The standard InChI is InChI=1S/C20H33N3O2/c1-12(2)17(18(24)22-11-16-9-21-10-16)23-19(25)20-6-13-3-14(7-20)5-15(4-13)8-20/h12-17,21H,3-11H2,1-2H3,(H,22,24)(H,23,25). The molecule has 4 bridgehead atoms. The molecule has 3 N–H and O–H groups in total. The van der Waals surface area contributed by atoms with Crippen LogP contribution in [0.4, 0.5) is 0 Å². The minimum absolute atomic E-state index is 0.0139. The summed E-state index contributed by atoms with van der Waals surface area (Å²) < 4.78 is 0. The van der Waals surface area contributed by atoms with Crippen molar-refractivity contribution < 1.29 is 9.59 Å². The van der Waals surface area contributed by atoms with Gasteiger partial charge in [0, 0.05) is 31.0 Å². The minimum atomic E-state index is -0.409. The maximum atomic E-state index is 13.2. The summed E-state index contributed by atoms with van der Waals surface area (Å²) in [5, 5.41) is 9.44. The number of rotatable bonds is 6. The summed E-state index contributed by atoms with van der Waals surface area (Å²) >= 11 is 0. The van der Waals surface area contributed by atoms with Crippen LogP contribution in [0.2, 0.25) is 0 Å². The average molecular weight is 348 g/mol. The largest absolute Gasteiger partial charge is 0.354 e. The summed E-state index contributed by atoms with van der Waals surface area (Å²) in [5.41, 5.74) is -0.180. The molecule has 5 nitrogen and oxygen atoms in total. The van der Waals surface area contributed by atoms with E-state index in [1.165, 1.54) is 19.3 Å². The van der Waals surface area contributed by atoms with Crippen LogP contribution in [0.15, 0.2) is 0 Å². The molecule has 5 heteroatoms. The SMILES string of the molecule is CC(C)C(NC(=O)C12CC3CC(CC(C3)C1)C2)C(=O)NCC1CNC1. The van der Waals surface area contributed by atoms with Gasteiger partial charge >= 0.3 is 0 Å². The molecule has 0 spiro atoms. The summed E-state index contributed by atoms with van der Waals surface area (Å²) in [4.78, 5) is 25.9. The van der Waals surface area contributed by atoms with Gasteiger partial charge in [-0.25, -0.2) is 0 Å². The lowest BCUT2D eigenvalue weighted by molar-refractivity contribution is -0.149. The van der Waals surface area contributed by atoms with Crippen molar-refractivity contribution in [3.05, 3.63) is 0 Å². The van der Waals surface area contributed by atoms with E-state index in [-0.39, 0.29) is 23.1 Å². The van der Waals surface area contributed by atoms with E-state index in [0.717, 1.165) is 50.1 Å². The van der Waals surface area contributed by atoms with Crippen LogP contribution in [0.1, 0.15) is 52.4 Å². The third-order valence-corrected chi connectivity index (χ3v) is 7.19. The molecule has 25 heavy (non-hydrogen) atoms. The molecule has 1 saturated heterocycles. The predicted octanol–water partition coefficient (Wildman–Crippen LogP) is 1.68. The lowest BCUT2D eigenvalue weighted by Crippen LogP contribution is -2.59. The van der Waals surface area contributed by atoms with Crippen molar-refractivity contribution in [2.75, 3.05) is 19.6 Å². The van der Waals surface area contributed by atoms with Gasteiger partial charge in [-0.3, -0.25) is 9.59 Å². The van der Waals surface area contributed by atoms with Gasteiger partial charge in [0.2, 0.25) is 11.8 Å². The van der Waals surface area contributed by atoms with E-state index in [0.29, 0.717) is 12.5 Å². The van der Waals surface area contributed by atoms with Gasteiger partial charge < -0.3 is 16.0 Å². The van der Waals surface area contributed by atoms with Crippen molar-refractivity contribution in [2.24, 2.45) is 35.0 Å². The average Bonchev–Trinajstić information content (AvgIpc) is 2.48. The molecule has 0 aromatic heterocycles. The van der Waals surface area contributed by atoms with Gasteiger partial charge in [0.05, 0.1) is 0 Å². The Hall–Kier alpha value is -1.10. The molecule has 5 fully saturated rings. The van der Waals surface area contributed by atoms with Crippen LogP contribution in [0.5, 0.6) is 0 Å². The molecule has 4 saturated carbocycles. The zero-order valence-corrected chi connectivity index (χ0v) is 15.6. The Morgan fingerprint density at radius 1 is 1.04 bits per heavy atom. The molecule has 4 aliphatic carbocycles. The van der Waals surface area contributed by atoms with Crippen molar-refractivity contribution >= 4 is 11.8 Å². The maximum Gasteiger partial charge on any atom is 0.242 e. The first-order valence-corrected chi connectivity index (χ1v) is 10.2. The fourth-order valence-electron chi connectivity index (χ4n) is 6.07. The fourth-order valence-corrected chi connectivity index (χ4v) is 6.07. The van der Waals surface area contributed by atoms with Crippen LogP contribution in [0, 0.1) is 35.0 Å². The first-order chi connectivity index (χ1) is 11.9. The van der Waals surface area contributed by atoms with Crippen molar-refractivity contribution in [3.8, 4) is 0 Å². The summed E-state index contributed by atoms with van der Waals surface area (Å²) in [7, 11) is 0. The topological polar surface area (TPSA) is 70.2 Å². The Morgan fingerprint density at radius 2 is 1.60 bits per heavy atom. The molecule has 5 aliphatic rings. The van der Waals surface area contributed by atoms with Gasteiger partial charge in [-0.1, -0.05) is 13.8 Å². The maximum absolute atomic E-state index is 13.2.